The van der Waals surface area contributed by atoms with Gasteiger partial charge < -0.3 is 40.0 Å². The second kappa shape index (κ2) is 19.1. The van der Waals surface area contributed by atoms with Gasteiger partial charge in [-0.05, 0) is 179 Å². The molecule has 0 saturated heterocycles. The van der Waals surface area contributed by atoms with Gasteiger partial charge in [0.2, 0.25) is 0 Å². The van der Waals surface area contributed by atoms with Crippen LogP contribution in [0.25, 0.3) is 0 Å². The molecule has 4 N–H and O–H groups in total. The van der Waals surface area contributed by atoms with Crippen LogP contribution in [0.2, 0.25) is 0 Å². The van der Waals surface area contributed by atoms with Gasteiger partial charge in [0.05, 0.1) is 26.8 Å². The van der Waals surface area contributed by atoms with Crippen LogP contribution in [0.3, 0.4) is 0 Å². The third kappa shape index (κ3) is 10.6. The predicted octanol–water partition coefficient (Wildman–Crippen LogP) is 9.38. The summed E-state index contributed by atoms with van der Waals surface area (Å²) in [5, 5.41) is 35.5. The van der Waals surface area contributed by atoms with Gasteiger partial charge in [0.1, 0.15) is 25.6 Å². The number of aromatic hydroxyl groups is 2. The molecular formula is C36H30Br6N4O8. The molecule has 0 unspecified atom stereocenters. The molecule has 8 bridgehead atoms. The molecule has 8 rings (SSSR count). The minimum absolute atomic E-state index is 0.0488. The van der Waals surface area contributed by atoms with Crippen LogP contribution in [0.4, 0.5) is 0 Å². The van der Waals surface area contributed by atoms with Gasteiger partial charge in [0, 0.05) is 25.9 Å². The second-order valence-electron chi connectivity index (χ2n) is 11.6. The fraction of sp³-hybridized carbons (Fsp3) is 0.222. The number of carbonyl (C=O) groups excluding carboxylic acids is 2. The van der Waals surface area contributed by atoms with Crippen LogP contribution in [0, 0.1) is 0 Å². The summed E-state index contributed by atoms with van der Waals surface area (Å²) in [5.41, 5.74) is 3.16. The minimum Gasteiger partial charge on any atom is -0.503 e. The number of nitrogens with one attached hydrogen (secondary N) is 2. The zero-order valence-electron chi connectivity index (χ0n) is 28.4. The summed E-state index contributed by atoms with van der Waals surface area (Å²) in [6.45, 7) is 0.519. The normalized spacial score (nSPS) is 15.9. The highest BCUT2D eigenvalue weighted by molar-refractivity contribution is 9.11. The molecule has 2 amide bonds. The summed E-state index contributed by atoms with van der Waals surface area (Å²) in [5.74, 6) is -0.0577. The molecule has 54 heavy (non-hydrogen) atoms. The van der Waals surface area contributed by atoms with Gasteiger partial charge in [0.15, 0.2) is 34.5 Å². The number of oxime groups is 2. The van der Waals surface area contributed by atoms with Crippen LogP contribution in [0.15, 0.2) is 85.7 Å². The first-order chi connectivity index (χ1) is 25.8. The Bertz CT molecular complexity index is 2120. The zero-order chi connectivity index (χ0) is 39.1. The van der Waals surface area contributed by atoms with Crippen molar-refractivity contribution in [2.24, 2.45) is 10.3 Å². The number of nitrogens with zero attached hydrogens (tertiary/aromatic N) is 2. The number of ether oxygens (including phenoxy) is 2. The van der Waals surface area contributed by atoms with Gasteiger partial charge in [-0.3, -0.25) is 9.59 Å². The summed E-state index contributed by atoms with van der Waals surface area (Å²) >= 11 is 21.1. The Morgan fingerprint density at radius 2 is 0.889 bits per heavy atom. The first-order valence-electron chi connectivity index (χ1n) is 15.9. The van der Waals surface area contributed by atoms with E-state index in [2.05, 4.69) is 117 Å². The van der Waals surface area contributed by atoms with Crippen LogP contribution >= 0.6 is 95.6 Å². The predicted molar refractivity (Wildman–Crippen MR) is 225 cm³/mol. The van der Waals surface area contributed by atoms with Crippen molar-refractivity contribution in [3.8, 4) is 34.5 Å². The van der Waals surface area contributed by atoms with Gasteiger partial charge in [-0.25, -0.2) is 0 Å². The Labute approximate surface area is 360 Å². The smallest absolute Gasteiger partial charge is 0.269 e. The van der Waals surface area contributed by atoms with Crippen molar-refractivity contribution in [1.29, 1.82) is 0 Å². The van der Waals surface area contributed by atoms with Crippen LogP contribution in [0.1, 0.15) is 22.3 Å². The molecule has 4 aromatic rings. The Morgan fingerprint density at radius 3 is 1.31 bits per heavy atom. The largest absolute Gasteiger partial charge is 0.503 e. The number of rotatable bonds is 2. The molecule has 0 aromatic heterocycles. The quantitative estimate of drug-likeness (QED) is 0.145. The monoisotopic (exact) mass is 1120 g/mol. The molecular weight excluding hydrogens is 1100 g/mol. The second-order valence-corrected chi connectivity index (χ2v) is 16.8. The zero-order valence-corrected chi connectivity index (χ0v) is 37.9. The number of phenolic OH excluding ortho intramolecular Hbond substituents is 2. The van der Waals surface area contributed by atoms with Crippen molar-refractivity contribution >= 4 is 119 Å². The Morgan fingerprint density at radius 1 is 0.556 bits per heavy atom. The molecule has 0 fully saturated rings. The summed E-state index contributed by atoms with van der Waals surface area (Å²) in [6, 6.07) is 13.9. The van der Waals surface area contributed by atoms with E-state index in [0.29, 0.717) is 62.3 Å². The van der Waals surface area contributed by atoms with Gasteiger partial charge in [-0.1, -0.05) is 10.3 Å². The van der Waals surface area contributed by atoms with E-state index in [0.717, 1.165) is 11.1 Å². The van der Waals surface area contributed by atoms with Crippen molar-refractivity contribution in [2.75, 3.05) is 27.3 Å². The maximum atomic E-state index is 13.3. The van der Waals surface area contributed by atoms with Gasteiger partial charge in [0.25, 0.3) is 11.8 Å². The van der Waals surface area contributed by atoms with E-state index in [-0.39, 0.29) is 60.4 Å². The van der Waals surface area contributed by atoms with Crippen molar-refractivity contribution < 1.29 is 39.0 Å². The fourth-order valence-corrected chi connectivity index (χ4v) is 9.17. The first-order valence-corrected chi connectivity index (χ1v) is 20.6. The number of halogens is 6. The van der Waals surface area contributed by atoms with Crippen LogP contribution in [-0.4, -0.2) is 60.8 Å². The standard InChI is InChI=1S/C36H30Br6N4O8/c1-51-45-27-13-19-11-25(41)34(26(42)12-19)54-30-16-20(10-22(38)32(30)48)14-28(46-52-2)36(50)43-5-3-17-8-23(39)33(24(40)9-17)53-29-15-18(4-6-44-35(27)49)7-21(37)31(29)47/h7-12,15-16,47-48H,3-6,13-14H2,1-2H3,(H,43,50)(H,44,49)/b45-27+,46-28+. The molecule has 284 valence electrons. The molecule has 4 aromatic carbocycles. The van der Waals surface area contributed by atoms with E-state index in [1.807, 2.05) is 12.1 Å². The number of amides is 2. The summed E-state index contributed by atoms with van der Waals surface area (Å²) in [4.78, 5) is 36.6. The highest BCUT2D eigenvalue weighted by Gasteiger charge is 2.22. The van der Waals surface area contributed by atoms with Gasteiger partial charge in [-0.2, -0.15) is 0 Å². The lowest BCUT2D eigenvalue weighted by Gasteiger charge is -2.16. The van der Waals surface area contributed by atoms with E-state index in [4.69, 9.17) is 19.1 Å². The third-order valence-corrected chi connectivity index (χ3v) is 11.4. The average molecular weight is 1130 g/mol. The number of hydrogen-bond donors (Lipinski definition) is 4. The van der Waals surface area contributed by atoms with Crippen molar-refractivity contribution in [1.82, 2.24) is 10.6 Å². The maximum absolute atomic E-state index is 13.3. The van der Waals surface area contributed by atoms with Gasteiger partial charge >= 0.3 is 0 Å². The van der Waals surface area contributed by atoms with Crippen molar-refractivity contribution in [2.45, 2.75) is 25.7 Å². The Hall–Kier alpha value is -3.16. The van der Waals surface area contributed by atoms with Crippen molar-refractivity contribution in [3.63, 3.8) is 0 Å². The van der Waals surface area contributed by atoms with E-state index >= 15 is 0 Å². The summed E-state index contributed by atoms with van der Waals surface area (Å²) in [6.07, 6.45) is 1.02. The lowest BCUT2D eigenvalue weighted by atomic mass is 10.1. The number of hydrogen-bond acceptors (Lipinski definition) is 10. The van der Waals surface area contributed by atoms with Crippen molar-refractivity contribution in [3.05, 3.63) is 97.6 Å². The lowest BCUT2D eigenvalue weighted by molar-refractivity contribution is -0.115. The number of carbonyl (C=O) groups is 2. The Balaban J connectivity index is 1.51. The van der Waals surface area contributed by atoms with Crippen LogP contribution < -0.4 is 20.1 Å². The molecule has 4 heterocycles. The summed E-state index contributed by atoms with van der Waals surface area (Å²) < 4.78 is 15.4. The molecule has 0 radical (unpaired) electrons. The Kier molecular flexibility index (Phi) is 14.9. The van der Waals surface area contributed by atoms with E-state index in [9.17, 15) is 19.8 Å². The first kappa shape index (κ1) is 42.0. The fourth-order valence-electron chi connectivity index (χ4n) is 5.30. The van der Waals surface area contributed by atoms with E-state index in [1.165, 1.54) is 14.2 Å². The molecule has 0 atom stereocenters. The maximum Gasteiger partial charge on any atom is 0.269 e. The average Bonchev–Trinajstić information content (AvgIpc) is 3.11. The molecule has 0 spiro atoms. The van der Waals surface area contributed by atoms with Crippen LogP contribution in [0.5, 0.6) is 34.5 Å². The molecule has 4 aliphatic rings. The number of benzene rings is 4. The third-order valence-electron chi connectivity index (χ3n) is 7.79. The summed E-state index contributed by atoms with van der Waals surface area (Å²) in [7, 11) is 2.71. The van der Waals surface area contributed by atoms with Crippen LogP contribution in [-0.2, 0) is 44.9 Å². The minimum atomic E-state index is -0.443. The van der Waals surface area contributed by atoms with Gasteiger partial charge in [-0.15, -0.1) is 0 Å². The highest BCUT2D eigenvalue weighted by Crippen LogP contribution is 2.45. The molecule has 12 nitrogen and oxygen atoms in total. The lowest BCUT2D eigenvalue weighted by Crippen LogP contribution is -2.34. The molecule has 0 saturated carbocycles. The highest BCUT2D eigenvalue weighted by atomic mass is 79.9. The topological polar surface area (TPSA) is 160 Å². The molecule has 0 aliphatic carbocycles. The number of phenols is 2. The molecule has 18 heteroatoms. The van der Waals surface area contributed by atoms with E-state index in [1.54, 1.807) is 36.4 Å². The SMILES string of the molecule is CO/N=C1\Cc2cc(Br)c(c(Br)c2)Oc2cc(cc(Br)c2O)C/C(=N\OC)C(=O)NCCc2cc(Br)c(c(Br)c2)Oc2cc(cc(Br)c2O)CCNC1=O. The van der Waals surface area contributed by atoms with E-state index < -0.39 is 11.8 Å². The molecule has 4 aliphatic heterocycles.